The number of hydrogen-bond acceptors (Lipinski definition) is 5. The zero-order valence-corrected chi connectivity index (χ0v) is 13.3. The van der Waals surface area contributed by atoms with Crippen LogP contribution >= 0.6 is 0 Å². The minimum absolute atomic E-state index is 0.205. The molecule has 0 spiro atoms. The number of carbonyl (C=O) groups excluding carboxylic acids is 1. The van der Waals surface area contributed by atoms with Gasteiger partial charge in [-0.2, -0.15) is 0 Å². The number of rotatable bonds is 8. The molecule has 0 aliphatic carbocycles. The molecule has 1 heterocycles. The van der Waals surface area contributed by atoms with Gasteiger partial charge in [0, 0.05) is 20.2 Å². The molecule has 2 rings (SSSR count). The first-order valence-electron chi connectivity index (χ1n) is 7.33. The van der Waals surface area contributed by atoms with Crippen molar-refractivity contribution in [3.05, 3.63) is 53.9 Å². The van der Waals surface area contributed by atoms with E-state index in [2.05, 4.69) is 15.6 Å². The van der Waals surface area contributed by atoms with Crippen molar-refractivity contribution in [3.63, 3.8) is 0 Å². The lowest BCUT2D eigenvalue weighted by Gasteiger charge is -2.08. The minimum atomic E-state index is -0.205. The largest absolute Gasteiger partial charge is 0.497 e. The quantitative estimate of drug-likeness (QED) is 0.730. The number of amides is 1. The Balaban J connectivity index is 1.85. The fourth-order valence-electron chi connectivity index (χ4n) is 1.94. The van der Waals surface area contributed by atoms with Gasteiger partial charge >= 0.3 is 0 Å². The van der Waals surface area contributed by atoms with Crippen LogP contribution in [0.4, 0.5) is 5.69 Å². The number of methoxy groups -OCH3 is 2. The van der Waals surface area contributed by atoms with Crippen molar-refractivity contribution in [2.75, 3.05) is 32.7 Å². The Bertz CT molecular complexity index is 612. The maximum atomic E-state index is 11.8. The number of benzene rings is 1. The van der Waals surface area contributed by atoms with Crippen LogP contribution in [0.15, 0.2) is 42.6 Å². The lowest BCUT2D eigenvalue weighted by Crippen LogP contribution is -2.27. The molecule has 2 N–H and O–H groups in total. The number of pyridine rings is 1. The third-order valence-electron chi connectivity index (χ3n) is 3.24. The van der Waals surface area contributed by atoms with Gasteiger partial charge in [0.2, 0.25) is 0 Å². The highest BCUT2D eigenvalue weighted by atomic mass is 16.5. The Morgan fingerprint density at radius 3 is 2.52 bits per heavy atom. The Labute approximate surface area is 135 Å². The van der Waals surface area contributed by atoms with Crippen molar-refractivity contribution in [1.29, 1.82) is 0 Å². The molecule has 0 atom stereocenters. The third kappa shape index (κ3) is 5.27. The molecule has 1 amide bonds. The Kier molecular flexibility index (Phi) is 6.38. The summed E-state index contributed by atoms with van der Waals surface area (Å²) < 4.78 is 10.0. The van der Waals surface area contributed by atoms with Crippen LogP contribution in [0.3, 0.4) is 0 Å². The Morgan fingerprint density at radius 2 is 1.91 bits per heavy atom. The predicted octanol–water partition coefficient (Wildman–Crippen LogP) is 2.08. The molecule has 0 bridgehead atoms. The fourth-order valence-corrected chi connectivity index (χ4v) is 1.94. The lowest BCUT2D eigenvalue weighted by atomic mass is 10.2. The van der Waals surface area contributed by atoms with E-state index in [4.69, 9.17) is 9.47 Å². The molecular weight excluding hydrogens is 294 g/mol. The molecule has 0 aliphatic rings. The molecule has 6 nitrogen and oxygen atoms in total. The molecule has 0 aliphatic heterocycles. The van der Waals surface area contributed by atoms with Gasteiger partial charge in [-0.15, -0.1) is 0 Å². The zero-order valence-electron chi connectivity index (χ0n) is 13.3. The van der Waals surface area contributed by atoms with Gasteiger partial charge in [0.15, 0.2) is 0 Å². The summed E-state index contributed by atoms with van der Waals surface area (Å²) in [7, 11) is 3.24. The van der Waals surface area contributed by atoms with Crippen molar-refractivity contribution in [2.45, 2.75) is 6.54 Å². The zero-order chi connectivity index (χ0) is 16.5. The maximum Gasteiger partial charge on any atom is 0.269 e. The summed E-state index contributed by atoms with van der Waals surface area (Å²) in [6.07, 6.45) is 1.65. The van der Waals surface area contributed by atoms with E-state index in [0.717, 1.165) is 17.0 Å². The van der Waals surface area contributed by atoms with E-state index >= 15 is 0 Å². The van der Waals surface area contributed by atoms with Crippen LogP contribution in [-0.2, 0) is 11.3 Å². The van der Waals surface area contributed by atoms with E-state index in [9.17, 15) is 4.79 Å². The van der Waals surface area contributed by atoms with Crippen LogP contribution in [0.25, 0.3) is 0 Å². The molecule has 2 aromatic rings. The van der Waals surface area contributed by atoms with Crippen LogP contribution < -0.4 is 15.4 Å². The van der Waals surface area contributed by atoms with Crippen LogP contribution in [-0.4, -0.2) is 38.3 Å². The van der Waals surface area contributed by atoms with E-state index in [1.54, 1.807) is 26.5 Å². The summed E-state index contributed by atoms with van der Waals surface area (Å²) >= 11 is 0. The number of nitrogens with one attached hydrogen (secondary N) is 2. The smallest absolute Gasteiger partial charge is 0.269 e. The van der Waals surface area contributed by atoms with E-state index in [1.165, 1.54) is 0 Å². The van der Waals surface area contributed by atoms with E-state index in [0.29, 0.717) is 25.4 Å². The van der Waals surface area contributed by atoms with Gasteiger partial charge in [-0.3, -0.25) is 4.79 Å². The summed E-state index contributed by atoms with van der Waals surface area (Å²) in [4.78, 5) is 16.0. The molecule has 1 aromatic heterocycles. The van der Waals surface area contributed by atoms with Crippen LogP contribution in [0, 0.1) is 0 Å². The Morgan fingerprint density at radius 1 is 1.13 bits per heavy atom. The van der Waals surface area contributed by atoms with Crippen LogP contribution in [0.2, 0.25) is 0 Å². The standard InChI is InChI=1S/C17H21N3O3/c1-22-10-9-18-17(21)16-8-5-14(12-20-16)19-11-13-3-6-15(23-2)7-4-13/h3-8,12,19H,9-11H2,1-2H3,(H,18,21). The summed E-state index contributed by atoms with van der Waals surface area (Å²) in [5, 5.41) is 5.99. The van der Waals surface area contributed by atoms with Crippen LogP contribution in [0.5, 0.6) is 5.75 Å². The minimum Gasteiger partial charge on any atom is -0.497 e. The predicted molar refractivity (Wildman–Crippen MR) is 88.8 cm³/mol. The number of nitrogens with zero attached hydrogens (tertiary/aromatic N) is 1. The highest BCUT2D eigenvalue weighted by molar-refractivity contribution is 5.92. The molecule has 122 valence electrons. The monoisotopic (exact) mass is 315 g/mol. The highest BCUT2D eigenvalue weighted by Crippen LogP contribution is 2.13. The van der Waals surface area contributed by atoms with Gasteiger partial charge in [0.1, 0.15) is 11.4 Å². The number of ether oxygens (including phenoxy) is 2. The Hall–Kier alpha value is -2.60. The highest BCUT2D eigenvalue weighted by Gasteiger charge is 2.06. The molecule has 23 heavy (non-hydrogen) atoms. The number of hydrogen-bond donors (Lipinski definition) is 2. The molecule has 0 unspecified atom stereocenters. The van der Waals surface area contributed by atoms with Gasteiger partial charge in [-0.05, 0) is 29.8 Å². The molecule has 0 radical (unpaired) electrons. The maximum absolute atomic E-state index is 11.8. The number of anilines is 1. The van der Waals surface area contributed by atoms with Crippen LogP contribution in [0.1, 0.15) is 16.1 Å². The topological polar surface area (TPSA) is 72.5 Å². The van der Waals surface area contributed by atoms with Crippen molar-refractivity contribution >= 4 is 11.6 Å². The number of carbonyl (C=O) groups is 1. The average molecular weight is 315 g/mol. The van der Waals surface area contributed by atoms with Gasteiger partial charge in [-0.1, -0.05) is 12.1 Å². The van der Waals surface area contributed by atoms with E-state index in [1.807, 2.05) is 30.3 Å². The van der Waals surface area contributed by atoms with Gasteiger partial charge in [0.05, 0.1) is 25.6 Å². The molecule has 1 aromatic carbocycles. The van der Waals surface area contributed by atoms with Crippen molar-refractivity contribution in [2.24, 2.45) is 0 Å². The SMILES string of the molecule is COCCNC(=O)c1ccc(NCc2ccc(OC)cc2)cn1. The van der Waals surface area contributed by atoms with E-state index < -0.39 is 0 Å². The second-order valence-corrected chi connectivity index (χ2v) is 4.88. The average Bonchev–Trinajstić information content (AvgIpc) is 2.61. The first-order valence-corrected chi connectivity index (χ1v) is 7.33. The van der Waals surface area contributed by atoms with Gasteiger partial charge in [0.25, 0.3) is 5.91 Å². The second-order valence-electron chi connectivity index (χ2n) is 4.88. The van der Waals surface area contributed by atoms with Crippen molar-refractivity contribution in [1.82, 2.24) is 10.3 Å². The second kappa shape index (κ2) is 8.75. The normalized spacial score (nSPS) is 10.2. The molecule has 0 saturated carbocycles. The summed E-state index contributed by atoms with van der Waals surface area (Å²) in [6.45, 7) is 1.62. The third-order valence-corrected chi connectivity index (χ3v) is 3.24. The molecular formula is C17H21N3O3. The lowest BCUT2D eigenvalue weighted by molar-refractivity contribution is 0.0932. The summed E-state index contributed by atoms with van der Waals surface area (Å²) in [5.74, 6) is 0.628. The van der Waals surface area contributed by atoms with Gasteiger partial charge in [-0.25, -0.2) is 4.98 Å². The van der Waals surface area contributed by atoms with Crippen molar-refractivity contribution in [3.8, 4) is 5.75 Å². The van der Waals surface area contributed by atoms with E-state index in [-0.39, 0.29) is 5.91 Å². The summed E-state index contributed by atoms with van der Waals surface area (Å²) in [6, 6.07) is 11.4. The molecule has 6 heteroatoms. The summed E-state index contributed by atoms with van der Waals surface area (Å²) in [5.41, 5.74) is 2.37. The first kappa shape index (κ1) is 16.8. The molecule has 0 saturated heterocycles. The number of aromatic nitrogens is 1. The van der Waals surface area contributed by atoms with Gasteiger partial charge < -0.3 is 20.1 Å². The molecule has 0 fully saturated rings. The van der Waals surface area contributed by atoms with Crippen molar-refractivity contribution < 1.29 is 14.3 Å². The first-order chi connectivity index (χ1) is 11.2. The fraction of sp³-hybridized carbons (Fsp3) is 0.294.